The number of rotatable bonds is 3. The van der Waals surface area contributed by atoms with Crippen LogP contribution in [0.3, 0.4) is 0 Å². The number of carbonyl (C=O) groups is 2. The number of anilines is 2. The first-order valence-corrected chi connectivity index (χ1v) is 5.30. The fourth-order valence-corrected chi connectivity index (χ4v) is 1.68. The molecular weight excluding hydrogens is 236 g/mol. The van der Waals surface area contributed by atoms with Gasteiger partial charge in [-0.2, -0.15) is 0 Å². The Bertz CT molecular complexity index is 525. The monoisotopic (exact) mass is 248 g/mol. The number of amides is 1. The summed E-state index contributed by atoms with van der Waals surface area (Å²) in [6.07, 6.45) is 2.40. The SMILES string of the molecule is Nc1ccc2c(c1)N(C/C=C/C(=O)O)C(=O)CO2. The van der Waals surface area contributed by atoms with Crippen LogP contribution in [-0.4, -0.2) is 30.1 Å². The second kappa shape index (κ2) is 4.79. The van der Waals surface area contributed by atoms with E-state index in [9.17, 15) is 9.59 Å². The average molecular weight is 248 g/mol. The molecule has 1 aromatic carbocycles. The predicted molar refractivity (Wildman–Crippen MR) is 65.5 cm³/mol. The highest BCUT2D eigenvalue weighted by Gasteiger charge is 2.24. The summed E-state index contributed by atoms with van der Waals surface area (Å²) in [5.41, 5.74) is 6.73. The van der Waals surface area contributed by atoms with Gasteiger partial charge in [0.15, 0.2) is 6.61 Å². The number of hydrogen-bond donors (Lipinski definition) is 2. The predicted octanol–water partition coefficient (Wildman–Crippen LogP) is 0.635. The van der Waals surface area contributed by atoms with Gasteiger partial charge in [0, 0.05) is 18.3 Å². The van der Waals surface area contributed by atoms with Crippen LogP contribution in [0.2, 0.25) is 0 Å². The molecule has 6 nitrogen and oxygen atoms in total. The Morgan fingerprint density at radius 3 is 3.06 bits per heavy atom. The van der Waals surface area contributed by atoms with Crippen molar-refractivity contribution in [1.82, 2.24) is 0 Å². The molecule has 1 aliphatic heterocycles. The van der Waals surface area contributed by atoms with Crippen LogP contribution in [0.1, 0.15) is 0 Å². The molecule has 6 heteroatoms. The van der Waals surface area contributed by atoms with Crippen LogP contribution in [0, 0.1) is 0 Å². The number of ether oxygens (including phenoxy) is 1. The number of fused-ring (bicyclic) bond motifs is 1. The summed E-state index contributed by atoms with van der Waals surface area (Å²) in [6.45, 7) is 0.114. The van der Waals surface area contributed by atoms with Crippen molar-refractivity contribution in [3.05, 3.63) is 30.4 Å². The quantitative estimate of drug-likeness (QED) is 0.604. The molecule has 18 heavy (non-hydrogen) atoms. The normalized spacial score (nSPS) is 14.4. The van der Waals surface area contributed by atoms with Gasteiger partial charge in [0.25, 0.3) is 5.91 Å². The number of carboxylic acids is 1. The molecule has 0 spiro atoms. The molecule has 94 valence electrons. The Hall–Kier alpha value is -2.50. The fraction of sp³-hybridized carbons (Fsp3) is 0.167. The third-order valence-corrected chi connectivity index (χ3v) is 2.47. The van der Waals surface area contributed by atoms with Crippen LogP contribution in [0.15, 0.2) is 30.4 Å². The standard InChI is InChI=1S/C12H12N2O4/c13-8-3-4-10-9(6-8)14(11(15)7-18-10)5-1-2-12(16)17/h1-4,6H,5,7,13H2,(H,16,17)/b2-1+. The molecule has 1 aromatic rings. The minimum Gasteiger partial charge on any atom is -0.482 e. The zero-order chi connectivity index (χ0) is 13.1. The molecule has 0 saturated carbocycles. The smallest absolute Gasteiger partial charge is 0.328 e. The van der Waals surface area contributed by atoms with Crippen molar-refractivity contribution in [3.63, 3.8) is 0 Å². The number of carboxylic acid groups (broad SMARTS) is 1. The highest BCUT2D eigenvalue weighted by atomic mass is 16.5. The number of nitrogens with zero attached hydrogens (tertiary/aromatic N) is 1. The Balaban J connectivity index is 2.27. The topological polar surface area (TPSA) is 92.9 Å². The molecular formula is C12H12N2O4. The summed E-state index contributed by atoms with van der Waals surface area (Å²) >= 11 is 0. The van der Waals surface area contributed by atoms with Gasteiger partial charge in [-0.25, -0.2) is 4.79 Å². The first-order valence-electron chi connectivity index (χ1n) is 5.30. The summed E-state index contributed by atoms with van der Waals surface area (Å²) in [7, 11) is 0. The first-order chi connectivity index (χ1) is 8.58. The van der Waals surface area contributed by atoms with E-state index in [0.717, 1.165) is 6.08 Å². The number of benzene rings is 1. The molecule has 0 unspecified atom stereocenters. The maximum absolute atomic E-state index is 11.7. The molecule has 0 radical (unpaired) electrons. The zero-order valence-electron chi connectivity index (χ0n) is 9.50. The number of aliphatic carboxylic acids is 1. The molecule has 0 aliphatic carbocycles. The molecule has 2 rings (SSSR count). The van der Waals surface area contributed by atoms with Gasteiger partial charge in [-0.15, -0.1) is 0 Å². The molecule has 1 heterocycles. The molecule has 0 saturated heterocycles. The Morgan fingerprint density at radius 2 is 2.33 bits per heavy atom. The Morgan fingerprint density at radius 1 is 1.56 bits per heavy atom. The van der Waals surface area contributed by atoms with Crippen LogP contribution in [-0.2, 0) is 9.59 Å². The highest BCUT2D eigenvalue weighted by molar-refractivity contribution is 5.98. The van der Waals surface area contributed by atoms with E-state index in [4.69, 9.17) is 15.6 Å². The van der Waals surface area contributed by atoms with Gasteiger partial charge in [0.05, 0.1) is 5.69 Å². The van der Waals surface area contributed by atoms with E-state index in [2.05, 4.69) is 0 Å². The molecule has 0 atom stereocenters. The van der Waals surface area contributed by atoms with Gasteiger partial charge in [-0.05, 0) is 18.2 Å². The van der Waals surface area contributed by atoms with Gasteiger partial charge in [0.1, 0.15) is 5.75 Å². The highest BCUT2D eigenvalue weighted by Crippen LogP contribution is 2.33. The lowest BCUT2D eigenvalue weighted by molar-refractivity contribution is -0.131. The van der Waals surface area contributed by atoms with Crippen molar-refractivity contribution < 1.29 is 19.4 Å². The minimum atomic E-state index is -1.05. The van der Waals surface area contributed by atoms with Crippen LogP contribution >= 0.6 is 0 Å². The van der Waals surface area contributed by atoms with Gasteiger partial charge in [0.2, 0.25) is 0 Å². The zero-order valence-corrected chi connectivity index (χ0v) is 9.50. The molecule has 1 aliphatic rings. The molecule has 1 amide bonds. The van der Waals surface area contributed by atoms with Crippen LogP contribution < -0.4 is 15.4 Å². The van der Waals surface area contributed by atoms with Crippen molar-refractivity contribution in [2.75, 3.05) is 23.8 Å². The van der Waals surface area contributed by atoms with E-state index < -0.39 is 5.97 Å². The van der Waals surface area contributed by atoms with Gasteiger partial charge >= 0.3 is 5.97 Å². The van der Waals surface area contributed by atoms with Crippen LogP contribution in [0.4, 0.5) is 11.4 Å². The van der Waals surface area contributed by atoms with E-state index in [-0.39, 0.29) is 19.1 Å². The first kappa shape index (κ1) is 12.0. The summed E-state index contributed by atoms with van der Waals surface area (Å²) in [4.78, 5) is 23.5. The lowest BCUT2D eigenvalue weighted by atomic mass is 10.2. The summed E-state index contributed by atoms with van der Waals surface area (Å²) in [6, 6.07) is 4.99. The second-order valence-electron chi connectivity index (χ2n) is 3.76. The van der Waals surface area contributed by atoms with Crippen LogP contribution in [0.5, 0.6) is 5.75 Å². The fourth-order valence-electron chi connectivity index (χ4n) is 1.68. The van der Waals surface area contributed by atoms with E-state index >= 15 is 0 Å². The van der Waals surface area contributed by atoms with Gasteiger partial charge < -0.3 is 20.5 Å². The summed E-state index contributed by atoms with van der Waals surface area (Å²) in [5.74, 6) is -0.723. The number of carbonyl (C=O) groups excluding carboxylic acids is 1. The van der Waals surface area contributed by atoms with E-state index in [1.54, 1.807) is 18.2 Å². The second-order valence-corrected chi connectivity index (χ2v) is 3.76. The van der Waals surface area contributed by atoms with Crippen molar-refractivity contribution in [2.45, 2.75) is 0 Å². The lowest BCUT2D eigenvalue weighted by Gasteiger charge is -2.28. The molecule has 0 bridgehead atoms. The summed E-state index contributed by atoms with van der Waals surface area (Å²) in [5, 5.41) is 8.51. The number of hydrogen-bond acceptors (Lipinski definition) is 4. The van der Waals surface area contributed by atoms with Gasteiger partial charge in [-0.1, -0.05) is 6.08 Å². The number of nitrogens with two attached hydrogens (primary N) is 1. The molecule has 0 fully saturated rings. The van der Waals surface area contributed by atoms with Crippen molar-refractivity contribution in [1.29, 1.82) is 0 Å². The van der Waals surface area contributed by atoms with Gasteiger partial charge in [-0.3, -0.25) is 4.79 Å². The van der Waals surface area contributed by atoms with Crippen molar-refractivity contribution in [3.8, 4) is 5.75 Å². The maximum Gasteiger partial charge on any atom is 0.328 e. The number of nitrogen functional groups attached to an aromatic ring is 1. The van der Waals surface area contributed by atoms with Crippen molar-refractivity contribution in [2.24, 2.45) is 0 Å². The third kappa shape index (κ3) is 2.42. The van der Waals surface area contributed by atoms with Crippen molar-refractivity contribution >= 4 is 23.3 Å². The van der Waals surface area contributed by atoms with E-state index in [0.29, 0.717) is 17.1 Å². The Labute approximate surface area is 103 Å². The lowest BCUT2D eigenvalue weighted by Crippen LogP contribution is -2.38. The largest absolute Gasteiger partial charge is 0.482 e. The maximum atomic E-state index is 11.7. The minimum absolute atomic E-state index is 0.0577. The van der Waals surface area contributed by atoms with Crippen LogP contribution in [0.25, 0.3) is 0 Å². The van der Waals surface area contributed by atoms with E-state index in [1.807, 2.05) is 0 Å². The molecule has 3 N–H and O–H groups in total. The Kier molecular flexibility index (Phi) is 3.18. The van der Waals surface area contributed by atoms with E-state index in [1.165, 1.54) is 11.0 Å². The molecule has 0 aromatic heterocycles. The third-order valence-electron chi connectivity index (χ3n) is 2.47. The summed E-state index contributed by atoms with van der Waals surface area (Å²) < 4.78 is 5.26. The average Bonchev–Trinajstić information content (AvgIpc) is 2.31.